The van der Waals surface area contributed by atoms with Gasteiger partial charge in [0.1, 0.15) is 0 Å². The first-order chi connectivity index (χ1) is 16.0. The maximum absolute atomic E-state index is 13.2. The van der Waals surface area contributed by atoms with Gasteiger partial charge in [0.05, 0.1) is 21.7 Å². The maximum atomic E-state index is 13.2. The number of halogens is 6. The SMILES string of the molecule is CC(C)(C)c1nc(/N=C/c2ccc([N+](=O)[O-])cc2)sc1Cc1cc(C(F)(F)F)cc(C(F)(F)F)c1. The fourth-order valence-electron chi connectivity index (χ4n) is 3.22. The monoisotopic (exact) mass is 515 g/mol. The van der Waals surface area contributed by atoms with Crippen LogP contribution in [0, 0.1) is 10.1 Å². The van der Waals surface area contributed by atoms with Crippen molar-refractivity contribution in [3.8, 4) is 0 Å². The largest absolute Gasteiger partial charge is 0.416 e. The minimum absolute atomic E-state index is 0.0898. The fourth-order valence-corrected chi connectivity index (χ4v) is 4.37. The predicted octanol–water partition coefficient (Wildman–Crippen LogP) is 7.73. The summed E-state index contributed by atoms with van der Waals surface area (Å²) in [5.74, 6) is 0. The summed E-state index contributed by atoms with van der Waals surface area (Å²) >= 11 is 1.06. The van der Waals surface area contributed by atoms with Crippen LogP contribution in [0.4, 0.5) is 37.2 Å². The van der Waals surface area contributed by atoms with E-state index in [1.807, 2.05) is 20.8 Å². The zero-order valence-electron chi connectivity index (χ0n) is 18.7. The lowest BCUT2D eigenvalue weighted by molar-refractivity contribution is -0.384. The van der Waals surface area contributed by atoms with Gasteiger partial charge in [0.15, 0.2) is 0 Å². The number of benzene rings is 2. The highest BCUT2D eigenvalue weighted by Crippen LogP contribution is 2.39. The van der Waals surface area contributed by atoms with Crippen molar-refractivity contribution in [2.45, 2.75) is 45.0 Å². The molecule has 0 aliphatic heterocycles. The summed E-state index contributed by atoms with van der Waals surface area (Å²) in [4.78, 5) is 19.4. The van der Waals surface area contributed by atoms with Gasteiger partial charge < -0.3 is 0 Å². The lowest BCUT2D eigenvalue weighted by atomic mass is 9.90. The van der Waals surface area contributed by atoms with Gasteiger partial charge in [-0.1, -0.05) is 32.1 Å². The number of aromatic nitrogens is 1. The molecule has 1 aromatic heterocycles. The third-order valence-electron chi connectivity index (χ3n) is 4.84. The number of nitrogens with zero attached hydrogens (tertiary/aromatic N) is 3. The Morgan fingerprint density at radius 3 is 1.97 bits per heavy atom. The number of aliphatic imine (C=N–C) groups is 1. The molecule has 12 heteroatoms. The highest BCUT2D eigenvalue weighted by Gasteiger charge is 2.37. The van der Waals surface area contributed by atoms with Gasteiger partial charge in [0.25, 0.3) is 5.69 Å². The summed E-state index contributed by atoms with van der Waals surface area (Å²) < 4.78 is 79.5. The van der Waals surface area contributed by atoms with E-state index < -0.39 is 33.8 Å². The number of thiazole rings is 1. The van der Waals surface area contributed by atoms with Crippen LogP contribution >= 0.6 is 11.3 Å². The van der Waals surface area contributed by atoms with Crippen molar-refractivity contribution in [1.82, 2.24) is 4.98 Å². The molecule has 5 nitrogen and oxygen atoms in total. The number of hydrogen-bond acceptors (Lipinski definition) is 5. The summed E-state index contributed by atoms with van der Waals surface area (Å²) in [5, 5.41) is 11.0. The van der Waals surface area contributed by atoms with E-state index in [2.05, 4.69) is 9.98 Å². The van der Waals surface area contributed by atoms with E-state index in [4.69, 9.17) is 0 Å². The lowest BCUT2D eigenvalue weighted by Crippen LogP contribution is -2.15. The van der Waals surface area contributed by atoms with Gasteiger partial charge in [-0.25, -0.2) is 9.98 Å². The van der Waals surface area contributed by atoms with Crippen LogP contribution in [0.25, 0.3) is 0 Å². The zero-order valence-corrected chi connectivity index (χ0v) is 19.5. The molecule has 0 saturated heterocycles. The molecule has 0 atom stereocenters. The summed E-state index contributed by atoms with van der Waals surface area (Å²) in [5.41, 5.74) is -2.48. The minimum atomic E-state index is -4.93. The van der Waals surface area contributed by atoms with Crippen LogP contribution in [0.1, 0.15) is 53.6 Å². The van der Waals surface area contributed by atoms with Gasteiger partial charge in [0.2, 0.25) is 5.13 Å². The highest BCUT2D eigenvalue weighted by atomic mass is 32.1. The molecule has 3 aromatic rings. The van der Waals surface area contributed by atoms with Crippen LogP contribution < -0.4 is 0 Å². The third-order valence-corrected chi connectivity index (χ3v) is 5.80. The maximum Gasteiger partial charge on any atom is 0.416 e. The molecule has 0 N–H and O–H groups in total. The molecule has 0 aliphatic rings. The quantitative estimate of drug-likeness (QED) is 0.151. The Bertz CT molecular complexity index is 1220. The van der Waals surface area contributed by atoms with Gasteiger partial charge in [-0.3, -0.25) is 10.1 Å². The Labute approximate surface area is 200 Å². The van der Waals surface area contributed by atoms with E-state index in [9.17, 15) is 36.5 Å². The molecule has 35 heavy (non-hydrogen) atoms. The highest BCUT2D eigenvalue weighted by molar-refractivity contribution is 7.15. The van der Waals surface area contributed by atoms with Crippen LogP contribution in [-0.2, 0) is 24.2 Å². The Morgan fingerprint density at radius 2 is 1.51 bits per heavy atom. The summed E-state index contributed by atoms with van der Waals surface area (Å²) in [7, 11) is 0. The first-order valence-electron chi connectivity index (χ1n) is 10.1. The molecule has 3 rings (SSSR count). The Hall–Kier alpha value is -3.28. The molecule has 2 aromatic carbocycles. The van der Waals surface area contributed by atoms with Crippen molar-refractivity contribution in [2.24, 2.45) is 4.99 Å². The molecule has 0 amide bonds. The molecule has 0 spiro atoms. The van der Waals surface area contributed by atoms with Gasteiger partial charge in [0, 0.05) is 35.1 Å². The van der Waals surface area contributed by atoms with Crippen LogP contribution in [-0.4, -0.2) is 16.1 Å². The smallest absolute Gasteiger partial charge is 0.258 e. The van der Waals surface area contributed by atoms with Crippen LogP contribution in [0.5, 0.6) is 0 Å². The van der Waals surface area contributed by atoms with E-state index in [0.717, 1.165) is 11.3 Å². The number of alkyl halides is 6. The fraction of sp³-hybridized carbons (Fsp3) is 0.304. The molecule has 1 heterocycles. The molecule has 0 radical (unpaired) electrons. The van der Waals surface area contributed by atoms with Crippen molar-refractivity contribution in [3.63, 3.8) is 0 Å². The topological polar surface area (TPSA) is 68.4 Å². The standard InChI is InChI=1S/C23H19F6N3O2S/c1-21(2,3)19-18(10-14-8-15(22(24,25)26)11-16(9-14)23(27,28)29)35-20(31-19)30-12-13-4-6-17(7-5-13)32(33)34/h4-9,11-12H,10H2,1-3H3/b30-12+. The third kappa shape index (κ3) is 6.65. The second-order valence-electron chi connectivity index (χ2n) is 8.72. The first kappa shape index (κ1) is 26.3. The summed E-state index contributed by atoms with van der Waals surface area (Å²) in [6.45, 7) is 5.47. The molecule has 0 unspecified atom stereocenters. The molecule has 0 aliphatic carbocycles. The number of non-ortho nitro benzene ring substituents is 1. The van der Waals surface area contributed by atoms with Crippen LogP contribution in [0.15, 0.2) is 47.5 Å². The second-order valence-corrected chi connectivity index (χ2v) is 9.78. The average molecular weight is 515 g/mol. The Morgan fingerprint density at radius 1 is 0.971 bits per heavy atom. The van der Waals surface area contributed by atoms with E-state index in [1.165, 1.54) is 30.5 Å². The van der Waals surface area contributed by atoms with Crippen LogP contribution in [0.2, 0.25) is 0 Å². The number of hydrogen-bond donors (Lipinski definition) is 0. The molecule has 0 saturated carbocycles. The van der Waals surface area contributed by atoms with E-state index >= 15 is 0 Å². The second kappa shape index (κ2) is 9.40. The van der Waals surface area contributed by atoms with Gasteiger partial charge in [-0.05, 0) is 41.5 Å². The van der Waals surface area contributed by atoms with Crippen molar-refractivity contribution in [3.05, 3.63) is 85.4 Å². The van der Waals surface area contributed by atoms with E-state index in [0.29, 0.717) is 28.3 Å². The zero-order chi connectivity index (χ0) is 26.2. The molecule has 0 bridgehead atoms. The van der Waals surface area contributed by atoms with Crippen molar-refractivity contribution >= 4 is 28.4 Å². The normalized spacial score (nSPS) is 12.9. The summed E-state index contributed by atoms with van der Waals surface area (Å²) in [6.07, 6.45) is -8.64. The van der Waals surface area contributed by atoms with Gasteiger partial charge in [-0.15, -0.1) is 0 Å². The molecular weight excluding hydrogens is 496 g/mol. The van der Waals surface area contributed by atoms with E-state index in [-0.39, 0.29) is 28.9 Å². The Kier molecular flexibility index (Phi) is 7.07. The number of nitro benzene ring substituents is 1. The number of rotatable bonds is 5. The molecular formula is C23H19F6N3O2S. The van der Waals surface area contributed by atoms with Crippen molar-refractivity contribution < 1.29 is 31.3 Å². The number of nitro groups is 1. The summed E-state index contributed by atoms with van der Waals surface area (Å²) in [6, 6.07) is 7.11. The van der Waals surface area contributed by atoms with Crippen molar-refractivity contribution in [1.29, 1.82) is 0 Å². The van der Waals surface area contributed by atoms with Crippen molar-refractivity contribution in [2.75, 3.05) is 0 Å². The van der Waals surface area contributed by atoms with Crippen LogP contribution in [0.3, 0.4) is 0 Å². The molecule has 186 valence electrons. The van der Waals surface area contributed by atoms with Gasteiger partial charge in [-0.2, -0.15) is 26.3 Å². The average Bonchev–Trinajstić information content (AvgIpc) is 3.14. The van der Waals surface area contributed by atoms with Gasteiger partial charge >= 0.3 is 12.4 Å². The predicted molar refractivity (Wildman–Crippen MR) is 120 cm³/mol. The van der Waals surface area contributed by atoms with E-state index in [1.54, 1.807) is 0 Å². The first-order valence-corrected chi connectivity index (χ1v) is 10.9. The molecule has 0 fully saturated rings. The lowest BCUT2D eigenvalue weighted by Gasteiger charge is -2.18. The minimum Gasteiger partial charge on any atom is -0.258 e. The Balaban J connectivity index is 1.99.